The van der Waals surface area contributed by atoms with Crippen LogP contribution in [0.15, 0.2) is 18.2 Å². The summed E-state index contributed by atoms with van der Waals surface area (Å²) in [5, 5.41) is 2.84. The fraction of sp³-hybridized carbons (Fsp3) is 0.556. The van der Waals surface area contributed by atoms with E-state index >= 15 is 0 Å². The quantitative estimate of drug-likeness (QED) is 0.742. The molecule has 1 fully saturated rings. The van der Waals surface area contributed by atoms with Gasteiger partial charge in [0.05, 0.1) is 25.9 Å². The third kappa shape index (κ3) is 5.15. The summed E-state index contributed by atoms with van der Waals surface area (Å²) in [6.07, 6.45) is 4.36. The monoisotopic (exact) mass is 334 g/mol. The highest BCUT2D eigenvalue weighted by atomic mass is 16.5. The molecule has 1 aromatic rings. The number of carbonyl (C=O) groups is 2. The number of methoxy groups -OCH3 is 1. The van der Waals surface area contributed by atoms with E-state index in [0.717, 1.165) is 25.7 Å². The third-order valence-electron chi connectivity index (χ3n) is 3.97. The number of hydrogen-bond donors (Lipinski definition) is 1. The Hall–Kier alpha value is -2.24. The van der Waals surface area contributed by atoms with Crippen LogP contribution in [0.2, 0.25) is 0 Å². The molecule has 6 nitrogen and oxygen atoms in total. The van der Waals surface area contributed by atoms with E-state index in [9.17, 15) is 9.59 Å². The van der Waals surface area contributed by atoms with Gasteiger partial charge in [0.25, 0.3) is 0 Å². The van der Waals surface area contributed by atoms with Gasteiger partial charge in [0.15, 0.2) is 0 Å². The Labute approximate surface area is 143 Å². The average Bonchev–Trinajstić information content (AvgIpc) is 2.58. The van der Waals surface area contributed by atoms with Crippen molar-refractivity contribution in [3.05, 3.63) is 18.2 Å². The molecule has 0 aromatic heterocycles. The van der Waals surface area contributed by atoms with Gasteiger partial charge in [-0.15, -0.1) is 0 Å². The van der Waals surface area contributed by atoms with Gasteiger partial charge in [0.1, 0.15) is 11.5 Å². The average molecular weight is 334 g/mol. The summed E-state index contributed by atoms with van der Waals surface area (Å²) in [6.45, 7) is 3.40. The standard InChI is InChI=1S/C18H26N2O4/c1-3-4-11-24-16-9-8-14(23-2)12-15(16)19-17(21)13-20-10-6-5-7-18(20)22/h8-9,12H,3-7,10-11,13H2,1-2H3,(H,19,21). The van der Waals surface area contributed by atoms with Crippen molar-refractivity contribution >= 4 is 17.5 Å². The summed E-state index contributed by atoms with van der Waals surface area (Å²) in [7, 11) is 1.57. The number of piperidine rings is 1. The predicted molar refractivity (Wildman–Crippen MR) is 92.5 cm³/mol. The van der Waals surface area contributed by atoms with Crippen molar-refractivity contribution in [2.75, 3.05) is 32.1 Å². The van der Waals surface area contributed by atoms with Crippen molar-refractivity contribution in [3.63, 3.8) is 0 Å². The van der Waals surface area contributed by atoms with Crippen molar-refractivity contribution in [1.82, 2.24) is 4.90 Å². The Balaban J connectivity index is 2.02. The molecular weight excluding hydrogens is 308 g/mol. The SMILES string of the molecule is CCCCOc1ccc(OC)cc1NC(=O)CN1CCCCC1=O. The van der Waals surface area contributed by atoms with Gasteiger partial charge in [0, 0.05) is 19.0 Å². The molecular formula is C18H26N2O4. The van der Waals surface area contributed by atoms with E-state index in [1.54, 1.807) is 30.2 Å². The molecule has 0 bridgehead atoms. The number of unbranched alkanes of at least 4 members (excludes halogenated alkanes) is 1. The van der Waals surface area contributed by atoms with Crippen LogP contribution in [0, 0.1) is 0 Å². The lowest BCUT2D eigenvalue weighted by molar-refractivity contribution is -0.136. The first-order valence-corrected chi connectivity index (χ1v) is 8.52. The van der Waals surface area contributed by atoms with Crippen LogP contribution in [0.5, 0.6) is 11.5 Å². The first-order valence-electron chi connectivity index (χ1n) is 8.52. The molecule has 0 unspecified atom stereocenters. The second kappa shape index (κ2) is 9.15. The summed E-state index contributed by atoms with van der Waals surface area (Å²) in [4.78, 5) is 25.7. The number of ether oxygens (including phenoxy) is 2. The van der Waals surface area contributed by atoms with Gasteiger partial charge in [-0.3, -0.25) is 9.59 Å². The number of nitrogens with zero attached hydrogens (tertiary/aromatic N) is 1. The van der Waals surface area contributed by atoms with E-state index in [2.05, 4.69) is 12.2 Å². The van der Waals surface area contributed by atoms with Crippen molar-refractivity contribution in [2.24, 2.45) is 0 Å². The van der Waals surface area contributed by atoms with E-state index < -0.39 is 0 Å². The normalized spacial score (nSPS) is 14.4. The minimum absolute atomic E-state index is 0.0430. The van der Waals surface area contributed by atoms with Crippen molar-refractivity contribution in [1.29, 1.82) is 0 Å². The number of likely N-dealkylation sites (tertiary alicyclic amines) is 1. The fourth-order valence-electron chi connectivity index (χ4n) is 2.58. The molecule has 132 valence electrons. The summed E-state index contributed by atoms with van der Waals surface area (Å²) in [6, 6.07) is 5.32. The molecule has 6 heteroatoms. The zero-order valence-electron chi connectivity index (χ0n) is 14.5. The number of nitrogens with one attached hydrogen (secondary N) is 1. The van der Waals surface area contributed by atoms with Gasteiger partial charge in [-0.2, -0.15) is 0 Å². The van der Waals surface area contributed by atoms with Crippen LogP contribution in [0.1, 0.15) is 39.0 Å². The lowest BCUT2D eigenvalue weighted by atomic mass is 10.1. The van der Waals surface area contributed by atoms with E-state index in [-0.39, 0.29) is 18.4 Å². The minimum atomic E-state index is -0.223. The maximum absolute atomic E-state index is 12.3. The van der Waals surface area contributed by atoms with Crippen LogP contribution < -0.4 is 14.8 Å². The molecule has 1 heterocycles. The zero-order valence-corrected chi connectivity index (χ0v) is 14.5. The molecule has 0 saturated carbocycles. The summed E-state index contributed by atoms with van der Waals surface area (Å²) >= 11 is 0. The van der Waals surface area contributed by atoms with Gasteiger partial charge in [-0.25, -0.2) is 0 Å². The molecule has 2 rings (SSSR count). The highest BCUT2D eigenvalue weighted by Crippen LogP contribution is 2.29. The maximum Gasteiger partial charge on any atom is 0.244 e. The minimum Gasteiger partial charge on any atom is -0.497 e. The number of amides is 2. The van der Waals surface area contributed by atoms with Crippen LogP contribution >= 0.6 is 0 Å². The largest absolute Gasteiger partial charge is 0.497 e. The maximum atomic E-state index is 12.3. The third-order valence-corrected chi connectivity index (χ3v) is 3.97. The first-order chi connectivity index (χ1) is 11.6. The van der Waals surface area contributed by atoms with E-state index in [0.29, 0.717) is 36.8 Å². The highest BCUT2D eigenvalue weighted by Gasteiger charge is 2.21. The zero-order chi connectivity index (χ0) is 17.4. The van der Waals surface area contributed by atoms with Crippen LogP contribution in [-0.2, 0) is 9.59 Å². The lowest BCUT2D eigenvalue weighted by Gasteiger charge is -2.26. The molecule has 2 amide bonds. The molecule has 0 aliphatic carbocycles. The number of rotatable bonds is 8. The van der Waals surface area contributed by atoms with E-state index in [1.807, 2.05) is 0 Å². The molecule has 1 aliphatic rings. The Bertz CT molecular complexity index is 574. The second-order valence-electron chi connectivity index (χ2n) is 5.88. The molecule has 0 atom stereocenters. The Kier molecular flexibility index (Phi) is 6.90. The number of carbonyl (C=O) groups excluding carboxylic acids is 2. The Morgan fingerprint density at radius 3 is 2.88 bits per heavy atom. The Morgan fingerprint density at radius 1 is 1.33 bits per heavy atom. The molecule has 1 saturated heterocycles. The molecule has 24 heavy (non-hydrogen) atoms. The molecule has 1 aliphatic heterocycles. The van der Waals surface area contributed by atoms with Gasteiger partial charge in [-0.1, -0.05) is 13.3 Å². The topological polar surface area (TPSA) is 67.9 Å². The smallest absolute Gasteiger partial charge is 0.244 e. The molecule has 0 radical (unpaired) electrons. The number of benzene rings is 1. The molecule has 1 N–H and O–H groups in total. The number of anilines is 1. The van der Waals surface area contributed by atoms with Gasteiger partial charge >= 0.3 is 0 Å². The van der Waals surface area contributed by atoms with Crippen molar-refractivity contribution in [2.45, 2.75) is 39.0 Å². The Morgan fingerprint density at radius 2 is 2.17 bits per heavy atom. The first kappa shape index (κ1) is 18.1. The number of hydrogen-bond acceptors (Lipinski definition) is 4. The fourth-order valence-corrected chi connectivity index (χ4v) is 2.58. The summed E-state index contributed by atoms with van der Waals surface area (Å²) < 4.78 is 11.0. The lowest BCUT2D eigenvalue weighted by Crippen LogP contribution is -2.40. The highest BCUT2D eigenvalue weighted by molar-refractivity contribution is 5.96. The van der Waals surface area contributed by atoms with Crippen LogP contribution in [0.4, 0.5) is 5.69 Å². The van der Waals surface area contributed by atoms with E-state index in [4.69, 9.17) is 9.47 Å². The van der Waals surface area contributed by atoms with Crippen molar-refractivity contribution in [3.8, 4) is 11.5 Å². The van der Waals surface area contributed by atoms with E-state index in [1.165, 1.54) is 0 Å². The summed E-state index contributed by atoms with van der Waals surface area (Å²) in [5.41, 5.74) is 0.569. The van der Waals surface area contributed by atoms with Gasteiger partial charge in [0.2, 0.25) is 11.8 Å². The van der Waals surface area contributed by atoms with Gasteiger partial charge in [-0.05, 0) is 31.4 Å². The second-order valence-corrected chi connectivity index (χ2v) is 5.88. The van der Waals surface area contributed by atoms with Gasteiger partial charge < -0.3 is 19.7 Å². The van der Waals surface area contributed by atoms with Crippen LogP contribution in [0.25, 0.3) is 0 Å². The molecule has 0 spiro atoms. The molecule has 1 aromatic carbocycles. The summed E-state index contributed by atoms with van der Waals surface area (Å²) in [5.74, 6) is 1.07. The van der Waals surface area contributed by atoms with Crippen LogP contribution in [-0.4, -0.2) is 43.5 Å². The van der Waals surface area contributed by atoms with Crippen LogP contribution in [0.3, 0.4) is 0 Å². The van der Waals surface area contributed by atoms with Crippen molar-refractivity contribution < 1.29 is 19.1 Å². The predicted octanol–water partition coefficient (Wildman–Crippen LogP) is 2.83.